The van der Waals surface area contributed by atoms with Gasteiger partial charge in [0.05, 0.1) is 0 Å². The van der Waals surface area contributed by atoms with Gasteiger partial charge in [0.15, 0.2) is 0 Å². The van der Waals surface area contributed by atoms with Gasteiger partial charge in [-0.15, -0.1) is 0 Å². The minimum atomic E-state index is 0.741. The van der Waals surface area contributed by atoms with Gasteiger partial charge in [-0.2, -0.15) is 0 Å². The zero-order valence-corrected chi connectivity index (χ0v) is 11.9. The lowest BCUT2D eigenvalue weighted by atomic mass is 10.1. The van der Waals surface area contributed by atoms with Crippen LogP contribution in [0.15, 0.2) is 22.7 Å². The van der Waals surface area contributed by atoms with Gasteiger partial charge < -0.3 is 10.6 Å². The van der Waals surface area contributed by atoms with Crippen LogP contribution in [0.2, 0.25) is 0 Å². The molecule has 1 aromatic rings. The van der Waals surface area contributed by atoms with E-state index >= 15 is 0 Å². The van der Waals surface area contributed by atoms with Gasteiger partial charge in [0.25, 0.3) is 0 Å². The zero-order valence-electron chi connectivity index (χ0n) is 10.3. The van der Waals surface area contributed by atoms with Crippen molar-refractivity contribution in [2.24, 2.45) is 5.92 Å². The molecule has 0 spiro atoms. The SMILES string of the molecule is CCC(C)CN(C)Cc1cccc(N)c1Br. The number of anilines is 1. The summed E-state index contributed by atoms with van der Waals surface area (Å²) in [6.45, 7) is 6.58. The third-order valence-corrected chi connectivity index (χ3v) is 3.84. The lowest BCUT2D eigenvalue weighted by molar-refractivity contribution is 0.275. The lowest BCUT2D eigenvalue weighted by Crippen LogP contribution is -2.23. The Labute approximate surface area is 107 Å². The van der Waals surface area contributed by atoms with E-state index in [-0.39, 0.29) is 0 Å². The van der Waals surface area contributed by atoms with Crippen molar-refractivity contribution in [1.82, 2.24) is 4.90 Å². The number of halogens is 1. The maximum atomic E-state index is 5.86. The first-order valence-corrected chi connectivity index (χ1v) is 6.55. The molecule has 0 fully saturated rings. The fourth-order valence-corrected chi connectivity index (χ4v) is 2.13. The molecule has 0 saturated heterocycles. The van der Waals surface area contributed by atoms with Gasteiger partial charge in [0, 0.05) is 23.2 Å². The number of nitrogen functional groups attached to an aromatic ring is 1. The first-order chi connectivity index (χ1) is 7.54. The summed E-state index contributed by atoms with van der Waals surface area (Å²) in [6.07, 6.45) is 1.22. The number of hydrogen-bond acceptors (Lipinski definition) is 2. The summed E-state index contributed by atoms with van der Waals surface area (Å²) in [4.78, 5) is 2.34. The van der Waals surface area contributed by atoms with Crippen LogP contribution in [0.5, 0.6) is 0 Å². The highest BCUT2D eigenvalue weighted by atomic mass is 79.9. The number of hydrogen-bond donors (Lipinski definition) is 1. The van der Waals surface area contributed by atoms with Crippen molar-refractivity contribution in [3.05, 3.63) is 28.2 Å². The molecule has 0 saturated carbocycles. The molecular formula is C13H21BrN2. The molecule has 0 bridgehead atoms. The average molecular weight is 285 g/mol. The highest BCUT2D eigenvalue weighted by Gasteiger charge is 2.08. The molecule has 0 aliphatic rings. The van der Waals surface area contributed by atoms with E-state index in [2.05, 4.69) is 47.8 Å². The van der Waals surface area contributed by atoms with E-state index in [1.807, 2.05) is 12.1 Å². The van der Waals surface area contributed by atoms with Crippen LogP contribution in [0.1, 0.15) is 25.8 Å². The van der Waals surface area contributed by atoms with Crippen LogP contribution in [0.4, 0.5) is 5.69 Å². The Morgan fingerprint density at radius 2 is 2.12 bits per heavy atom. The van der Waals surface area contributed by atoms with E-state index < -0.39 is 0 Å². The molecule has 2 nitrogen and oxygen atoms in total. The molecule has 0 radical (unpaired) electrons. The molecule has 0 amide bonds. The summed E-state index contributed by atoms with van der Waals surface area (Å²) >= 11 is 3.54. The Kier molecular flexibility index (Phi) is 5.29. The Bertz CT molecular complexity index is 339. The minimum absolute atomic E-state index is 0.741. The second kappa shape index (κ2) is 6.26. The zero-order chi connectivity index (χ0) is 12.1. The van der Waals surface area contributed by atoms with Crippen molar-refractivity contribution in [1.29, 1.82) is 0 Å². The molecule has 1 atom stereocenters. The van der Waals surface area contributed by atoms with Crippen LogP contribution in [0.3, 0.4) is 0 Å². The van der Waals surface area contributed by atoms with Gasteiger partial charge >= 0.3 is 0 Å². The number of rotatable bonds is 5. The quantitative estimate of drug-likeness (QED) is 0.839. The summed E-state index contributed by atoms with van der Waals surface area (Å²) in [5, 5.41) is 0. The molecular weight excluding hydrogens is 264 g/mol. The van der Waals surface area contributed by atoms with Gasteiger partial charge in [0.1, 0.15) is 0 Å². The summed E-state index contributed by atoms with van der Waals surface area (Å²) in [6, 6.07) is 6.04. The fraction of sp³-hybridized carbons (Fsp3) is 0.538. The topological polar surface area (TPSA) is 29.3 Å². The summed E-state index contributed by atoms with van der Waals surface area (Å²) in [5.74, 6) is 0.741. The number of benzene rings is 1. The smallest absolute Gasteiger partial charge is 0.0461 e. The molecule has 1 rings (SSSR count). The molecule has 0 heterocycles. The highest BCUT2D eigenvalue weighted by Crippen LogP contribution is 2.24. The molecule has 0 aliphatic carbocycles. The van der Waals surface area contributed by atoms with Crippen molar-refractivity contribution in [3.8, 4) is 0 Å². The highest BCUT2D eigenvalue weighted by molar-refractivity contribution is 9.10. The normalized spacial score (nSPS) is 13.1. The molecule has 90 valence electrons. The maximum Gasteiger partial charge on any atom is 0.0461 e. The van der Waals surface area contributed by atoms with Crippen LogP contribution in [-0.2, 0) is 6.54 Å². The van der Waals surface area contributed by atoms with E-state index in [1.54, 1.807) is 0 Å². The molecule has 1 aromatic carbocycles. The molecule has 2 N–H and O–H groups in total. The van der Waals surface area contributed by atoms with Gasteiger partial charge in [-0.05, 0) is 40.5 Å². The van der Waals surface area contributed by atoms with Gasteiger partial charge in [-0.1, -0.05) is 32.4 Å². The third-order valence-electron chi connectivity index (χ3n) is 2.87. The van der Waals surface area contributed by atoms with E-state index in [0.29, 0.717) is 0 Å². The van der Waals surface area contributed by atoms with Gasteiger partial charge in [-0.3, -0.25) is 0 Å². The van der Waals surface area contributed by atoms with Crippen molar-refractivity contribution >= 4 is 21.6 Å². The number of nitrogens with zero attached hydrogens (tertiary/aromatic N) is 1. The predicted molar refractivity (Wildman–Crippen MR) is 74.3 cm³/mol. The Morgan fingerprint density at radius 1 is 1.44 bits per heavy atom. The Hall–Kier alpha value is -0.540. The molecule has 0 aromatic heterocycles. The van der Waals surface area contributed by atoms with E-state index in [4.69, 9.17) is 5.73 Å². The van der Waals surface area contributed by atoms with E-state index in [0.717, 1.165) is 29.2 Å². The molecule has 1 unspecified atom stereocenters. The second-order valence-corrected chi connectivity index (χ2v) is 5.32. The molecule has 3 heteroatoms. The standard InChI is InChI=1S/C13H21BrN2/c1-4-10(2)8-16(3)9-11-6-5-7-12(15)13(11)14/h5-7,10H,4,8-9,15H2,1-3H3. The first kappa shape index (κ1) is 13.5. The van der Waals surface area contributed by atoms with Crippen molar-refractivity contribution in [2.75, 3.05) is 19.3 Å². The summed E-state index contributed by atoms with van der Waals surface area (Å²) in [5.41, 5.74) is 7.93. The lowest BCUT2D eigenvalue weighted by Gasteiger charge is -2.21. The Balaban J connectivity index is 2.62. The summed E-state index contributed by atoms with van der Waals surface area (Å²) in [7, 11) is 2.15. The third kappa shape index (κ3) is 3.80. The maximum absolute atomic E-state index is 5.86. The van der Waals surface area contributed by atoms with Crippen LogP contribution in [0, 0.1) is 5.92 Å². The fourth-order valence-electron chi connectivity index (χ4n) is 1.74. The van der Waals surface area contributed by atoms with Gasteiger partial charge in [-0.25, -0.2) is 0 Å². The average Bonchev–Trinajstić information content (AvgIpc) is 2.24. The minimum Gasteiger partial charge on any atom is -0.398 e. The Morgan fingerprint density at radius 3 is 2.75 bits per heavy atom. The monoisotopic (exact) mass is 284 g/mol. The van der Waals surface area contributed by atoms with Crippen LogP contribution >= 0.6 is 15.9 Å². The van der Waals surface area contributed by atoms with Crippen LogP contribution < -0.4 is 5.73 Å². The van der Waals surface area contributed by atoms with Crippen LogP contribution in [0.25, 0.3) is 0 Å². The van der Waals surface area contributed by atoms with Crippen LogP contribution in [-0.4, -0.2) is 18.5 Å². The first-order valence-electron chi connectivity index (χ1n) is 5.76. The summed E-state index contributed by atoms with van der Waals surface area (Å²) < 4.78 is 1.03. The molecule has 0 aliphatic heterocycles. The van der Waals surface area contributed by atoms with Crippen molar-refractivity contribution in [3.63, 3.8) is 0 Å². The largest absolute Gasteiger partial charge is 0.398 e. The van der Waals surface area contributed by atoms with Crippen molar-refractivity contribution in [2.45, 2.75) is 26.8 Å². The second-order valence-electron chi connectivity index (χ2n) is 4.53. The molecule has 16 heavy (non-hydrogen) atoms. The van der Waals surface area contributed by atoms with E-state index in [1.165, 1.54) is 12.0 Å². The predicted octanol–water partition coefficient (Wildman–Crippen LogP) is 3.51. The van der Waals surface area contributed by atoms with Crippen molar-refractivity contribution < 1.29 is 0 Å². The van der Waals surface area contributed by atoms with Gasteiger partial charge in [0.2, 0.25) is 0 Å². The van der Waals surface area contributed by atoms with E-state index in [9.17, 15) is 0 Å². The number of nitrogens with two attached hydrogens (primary N) is 1.